The molecule has 0 aromatic carbocycles. The summed E-state index contributed by atoms with van der Waals surface area (Å²) in [7, 11) is 0. The lowest BCUT2D eigenvalue weighted by Crippen LogP contribution is -2.34. The zero-order chi connectivity index (χ0) is 10.8. The molecule has 1 aliphatic carbocycles. The molecule has 1 aliphatic rings. The predicted octanol–water partition coefficient (Wildman–Crippen LogP) is 2.85. The van der Waals surface area contributed by atoms with Crippen LogP contribution in [0.4, 0.5) is 0 Å². The number of ether oxygens (including phenoxy) is 1. The Balaban J connectivity index is 2.59. The Bertz CT molecular complexity index is 274. The van der Waals surface area contributed by atoms with Crippen LogP contribution in [0, 0.1) is 5.92 Å². The first-order valence-electron chi connectivity index (χ1n) is 4.96. The van der Waals surface area contributed by atoms with Gasteiger partial charge >= 0.3 is 5.97 Å². The van der Waals surface area contributed by atoms with E-state index in [1.807, 2.05) is 19.9 Å². The van der Waals surface area contributed by atoms with Crippen LogP contribution in [0.15, 0.2) is 24.3 Å². The Morgan fingerprint density at radius 2 is 2.36 bits per heavy atom. The van der Waals surface area contributed by atoms with Gasteiger partial charge in [-0.05, 0) is 26.7 Å². The highest BCUT2D eigenvalue weighted by Gasteiger charge is 2.34. The lowest BCUT2D eigenvalue weighted by atomic mass is 9.88. The van der Waals surface area contributed by atoms with Gasteiger partial charge in [-0.25, -0.2) is 0 Å². The Hall–Kier alpha value is -1.05. The molecule has 0 aliphatic heterocycles. The molecule has 2 heteroatoms. The molecule has 0 amide bonds. The molecule has 0 aromatic rings. The number of rotatable bonds is 3. The molecule has 14 heavy (non-hydrogen) atoms. The summed E-state index contributed by atoms with van der Waals surface area (Å²) >= 11 is 0. The second kappa shape index (κ2) is 3.99. The molecule has 1 atom stereocenters. The molecular formula is C12H18O2. The number of esters is 1. The van der Waals surface area contributed by atoms with Crippen LogP contribution in [0.2, 0.25) is 0 Å². The Kier molecular flexibility index (Phi) is 3.14. The second-order valence-electron chi connectivity index (χ2n) is 4.32. The van der Waals surface area contributed by atoms with Crippen molar-refractivity contribution in [1.82, 2.24) is 0 Å². The zero-order valence-electron chi connectivity index (χ0n) is 9.17. The fourth-order valence-corrected chi connectivity index (χ4v) is 1.89. The minimum Gasteiger partial charge on any atom is -0.460 e. The number of carbonyl (C=O) groups excluding carboxylic acids is 1. The van der Waals surface area contributed by atoms with Crippen LogP contribution in [0.25, 0.3) is 0 Å². The van der Waals surface area contributed by atoms with Gasteiger partial charge in [0, 0.05) is 12.8 Å². The van der Waals surface area contributed by atoms with Gasteiger partial charge in [0.15, 0.2) is 0 Å². The third-order valence-electron chi connectivity index (χ3n) is 2.80. The van der Waals surface area contributed by atoms with Gasteiger partial charge in [-0.15, -0.1) is 0 Å². The summed E-state index contributed by atoms with van der Waals surface area (Å²) in [4.78, 5) is 10.9. The van der Waals surface area contributed by atoms with E-state index in [0.29, 0.717) is 5.92 Å². The normalized spacial score (nSPS) is 21.6. The van der Waals surface area contributed by atoms with Gasteiger partial charge in [-0.3, -0.25) is 4.79 Å². The molecule has 1 unspecified atom stereocenters. The molecule has 0 fully saturated rings. The first-order chi connectivity index (χ1) is 6.45. The number of carbonyl (C=O) groups is 1. The average molecular weight is 194 g/mol. The molecular weight excluding hydrogens is 176 g/mol. The first kappa shape index (κ1) is 11.0. The monoisotopic (exact) mass is 194 g/mol. The van der Waals surface area contributed by atoms with Gasteiger partial charge in [0.2, 0.25) is 0 Å². The molecule has 0 aromatic heterocycles. The van der Waals surface area contributed by atoms with Gasteiger partial charge in [-0.2, -0.15) is 0 Å². The van der Waals surface area contributed by atoms with Crippen molar-refractivity contribution in [2.24, 2.45) is 5.92 Å². The van der Waals surface area contributed by atoms with E-state index in [-0.39, 0.29) is 11.6 Å². The Labute approximate surface area is 85.6 Å². The van der Waals surface area contributed by atoms with E-state index in [0.717, 1.165) is 12.8 Å². The summed E-state index contributed by atoms with van der Waals surface area (Å²) in [5.41, 5.74) is 0.892. The highest BCUT2D eigenvalue weighted by molar-refractivity contribution is 5.66. The molecule has 0 spiro atoms. The van der Waals surface area contributed by atoms with Crippen molar-refractivity contribution in [2.45, 2.75) is 39.2 Å². The van der Waals surface area contributed by atoms with Gasteiger partial charge in [-0.1, -0.05) is 24.3 Å². The first-order valence-corrected chi connectivity index (χ1v) is 4.96. The fourth-order valence-electron chi connectivity index (χ4n) is 1.89. The third-order valence-corrected chi connectivity index (χ3v) is 2.80. The zero-order valence-corrected chi connectivity index (χ0v) is 9.17. The molecule has 0 bridgehead atoms. The minimum atomic E-state index is -0.368. The highest BCUT2D eigenvalue weighted by atomic mass is 16.6. The lowest BCUT2D eigenvalue weighted by molar-refractivity contribution is -0.158. The van der Waals surface area contributed by atoms with E-state index in [9.17, 15) is 4.79 Å². The molecule has 0 radical (unpaired) electrons. The molecule has 0 saturated heterocycles. The Morgan fingerprint density at radius 3 is 2.79 bits per heavy atom. The predicted molar refractivity (Wildman–Crippen MR) is 56.8 cm³/mol. The number of hydrogen-bond acceptors (Lipinski definition) is 2. The molecule has 1 rings (SSSR count). The van der Waals surface area contributed by atoms with Gasteiger partial charge in [0.25, 0.3) is 0 Å². The van der Waals surface area contributed by atoms with E-state index in [1.54, 1.807) is 0 Å². The topological polar surface area (TPSA) is 26.3 Å². The average Bonchev–Trinajstić information content (AvgIpc) is 2.49. The summed E-state index contributed by atoms with van der Waals surface area (Å²) in [5, 5.41) is 0. The summed E-state index contributed by atoms with van der Waals surface area (Å²) in [6.07, 6.45) is 5.98. The lowest BCUT2D eigenvalue weighted by Gasteiger charge is -2.31. The quantitative estimate of drug-likeness (QED) is 0.646. The van der Waals surface area contributed by atoms with Crippen molar-refractivity contribution >= 4 is 5.97 Å². The summed E-state index contributed by atoms with van der Waals surface area (Å²) in [5.74, 6) is 0.182. The van der Waals surface area contributed by atoms with E-state index >= 15 is 0 Å². The summed E-state index contributed by atoms with van der Waals surface area (Å²) < 4.78 is 5.31. The van der Waals surface area contributed by atoms with E-state index in [2.05, 4.69) is 12.7 Å². The van der Waals surface area contributed by atoms with Crippen molar-refractivity contribution in [3.8, 4) is 0 Å². The number of hydrogen-bond donors (Lipinski definition) is 0. The molecule has 2 nitrogen and oxygen atoms in total. The van der Waals surface area contributed by atoms with Crippen LogP contribution < -0.4 is 0 Å². The third kappa shape index (κ3) is 2.47. The van der Waals surface area contributed by atoms with Crippen molar-refractivity contribution < 1.29 is 9.53 Å². The summed E-state index contributed by atoms with van der Waals surface area (Å²) in [6.45, 7) is 9.14. The van der Waals surface area contributed by atoms with Crippen molar-refractivity contribution in [3.63, 3.8) is 0 Å². The Morgan fingerprint density at radius 1 is 1.71 bits per heavy atom. The van der Waals surface area contributed by atoms with Crippen molar-refractivity contribution in [3.05, 3.63) is 24.3 Å². The van der Waals surface area contributed by atoms with Crippen molar-refractivity contribution in [2.75, 3.05) is 0 Å². The van der Waals surface area contributed by atoms with Gasteiger partial charge in [0.1, 0.15) is 5.60 Å². The van der Waals surface area contributed by atoms with Crippen LogP contribution >= 0.6 is 0 Å². The maximum atomic E-state index is 10.9. The van der Waals surface area contributed by atoms with Gasteiger partial charge in [0.05, 0.1) is 0 Å². The van der Waals surface area contributed by atoms with E-state index in [4.69, 9.17) is 4.74 Å². The second-order valence-corrected chi connectivity index (χ2v) is 4.32. The summed E-state index contributed by atoms with van der Waals surface area (Å²) in [6, 6.07) is 0. The highest BCUT2D eigenvalue weighted by Crippen LogP contribution is 2.36. The minimum absolute atomic E-state index is 0.206. The van der Waals surface area contributed by atoms with Gasteiger partial charge < -0.3 is 4.74 Å². The maximum Gasteiger partial charge on any atom is 0.303 e. The molecule has 0 heterocycles. The molecule has 78 valence electrons. The maximum absolute atomic E-state index is 10.9. The van der Waals surface area contributed by atoms with Crippen LogP contribution in [0.5, 0.6) is 0 Å². The van der Waals surface area contributed by atoms with E-state index in [1.165, 1.54) is 12.5 Å². The van der Waals surface area contributed by atoms with Crippen LogP contribution in [-0.4, -0.2) is 11.6 Å². The SMILES string of the molecule is C=CC1=CCC(C(C)(C)OC(C)=O)C1. The van der Waals surface area contributed by atoms with Crippen LogP contribution in [-0.2, 0) is 9.53 Å². The van der Waals surface area contributed by atoms with Crippen molar-refractivity contribution in [1.29, 1.82) is 0 Å². The fraction of sp³-hybridized carbons (Fsp3) is 0.583. The van der Waals surface area contributed by atoms with E-state index < -0.39 is 0 Å². The smallest absolute Gasteiger partial charge is 0.303 e. The largest absolute Gasteiger partial charge is 0.460 e. The molecule has 0 saturated carbocycles. The molecule has 0 N–H and O–H groups in total. The van der Waals surface area contributed by atoms with Crippen LogP contribution in [0.1, 0.15) is 33.6 Å². The van der Waals surface area contributed by atoms with Crippen LogP contribution in [0.3, 0.4) is 0 Å². The number of allylic oxidation sites excluding steroid dienone is 3. The standard InChI is InChI=1S/C12H18O2/c1-5-10-6-7-11(8-10)12(3,4)14-9(2)13/h5-6,11H,1,7-8H2,2-4H3.